The molecular formula is C13H20FNO2. The molecule has 96 valence electrons. The fourth-order valence-corrected chi connectivity index (χ4v) is 2.11. The SMILES string of the molecule is Cc1ccc(F)c(C(C)(C)C(N)C(O)O)c1C. The maximum Gasteiger partial charge on any atom is 0.167 e. The van der Waals surface area contributed by atoms with Crippen molar-refractivity contribution >= 4 is 0 Å². The normalized spacial score (nSPS) is 14.2. The molecule has 0 radical (unpaired) electrons. The minimum Gasteiger partial charge on any atom is -0.367 e. The third-order valence-electron chi connectivity index (χ3n) is 3.48. The van der Waals surface area contributed by atoms with Crippen LogP contribution in [-0.4, -0.2) is 22.5 Å². The van der Waals surface area contributed by atoms with E-state index in [4.69, 9.17) is 5.73 Å². The lowest BCUT2D eigenvalue weighted by molar-refractivity contribution is -0.0729. The Kier molecular flexibility index (Phi) is 3.91. The molecule has 0 amide bonds. The molecule has 0 aliphatic rings. The van der Waals surface area contributed by atoms with E-state index in [2.05, 4.69) is 0 Å². The molecule has 4 N–H and O–H groups in total. The average molecular weight is 241 g/mol. The predicted octanol–water partition coefficient (Wildman–Crippen LogP) is 1.36. The first-order valence-electron chi connectivity index (χ1n) is 5.57. The van der Waals surface area contributed by atoms with Crippen LogP contribution in [0.25, 0.3) is 0 Å². The van der Waals surface area contributed by atoms with E-state index >= 15 is 0 Å². The molecule has 0 aromatic heterocycles. The smallest absolute Gasteiger partial charge is 0.167 e. The van der Waals surface area contributed by atoms with Gasteiger partial charge in [0.2, 0.25) is 0 Å². The summed E-state index contributed by atoms with van der Waals surface area (Å²) in [4.78, 5) is 0. The van der Waals surface area contributed by atoms with E-state index < -0.39 is 17.7 Å². The summed E-state index contributed by atoms with van der Waals surface area (Å²) in [5, 5.41) is 18.4. The van der Waals surface area contributed by atoms with Crippen LogP contribution in [0.1, 0.15) is 30.5 Å². The van der Waals surface area contributed by atoms with Crippen LogP contribution in [0, 0.1) is 19.7 Å². The molecule has 0 spiro atoms. The lowest BCUT2D eigenvalue weighted by Crippen LogP contribution is -2.50. The van der Waals surface area contributed by atoms with Crippen molar-refractivity contribution in [3.63, 3.8) is 0 Å². The Bertz CT molecular complexity index is 416. The van der Waals surface area contributed by atoms with Gasteiger partial charge in [-0.15, -0.1) is 0 Å². The second kappa shape index (κ2) is 4.72. The molecular weight excluding hydrogens is 221 g/mol. The van der Waals surface area contributed by atoms with Crippen molar-refractivity contribution in [1.82, 2.24) is 0 Å². The summed E-state index contributed by atoms with van der Waals surface area (Å²) in [6, 6.07) is 2.14. The van der Waals surface area contributed by atoms with E-state index in [0.717, 1.165) is 11.1 Å². The van der Waals surface area contributed by atoms with E-state index in [1.807, 2.05) is 13.8 Å². The maximum absolute atomic E-state index is 13.9. The lowest BCUT2D eigenvalue weighted by atomic mass is 9.75. The van der Waals surface area contributed by atoms with Crippen LogP contribution in [0.5, 0.6) is 0 Å². The molecule has 0 aliphatic heterocycles. The van der Waals surface area contributed by atoms with E-state index in [1.54, 1.807) is 19.9 Å². The summed E-state index contributed by atoms with van der Waals surface area (Å²) in [6.07, 6.45) is -1.68. The lowest BCUT2D eigenvalue weighted by Gasteiger charge is -2.35. The first-order valence-corrected chi connectivity index (χ1v) is 5.57. The zero-order valence-electron chi connectivity index (χ0n) is 10.7. The van der Waals surface area contributed by atoms with E-state index in [1.165, 1.54) is 6.07 Å². The van der Waals surface area contributed by atoms with E-state index in [9.17, 15) is 14.6 Å². The van der Waals surface area contributed by atoms with Crippen molar-refractivity contribution < 1.29 is 14.6 Å². The highest BCUT2D eigenvalue weighted by Crippen LogP contribution is 2.33. The molecule has 0 saturated heterocycles. The molecule has 0 saturated carbocycles. The number of hydrogen-bond donors (Lipinski definition) is 3. The molecule has 1 aromatic rings. The Morgan fingerprint density at radius 2 is 1.76 bits per heavy atom. The van der Waals surface area contributed by atoms with Gasteiger partial charge in [-0.1, -0.05) is 19.9 Å². The molecule has 0 fully saturated rings. The second-order valence-corrected chi connectivity index (χ2v) is 5.03. The first-order chi connectivity index (χ1) is 7.69. The molecule has 0 heterocycles. The highest BCUT2D eigenvalue weighted by Gasteiger charge is 2.36. The molecule has 17 heavy (non-hydrogen) atoms. The van der Waals surface area contributed by atoms with Gasteiger partial charge in [-0.3, -0.25) is 0 Å². The van der Waals surface area contributed by atoms with Crippen molar-refractivity contribution in [1.29, 1.82) is 0 Å². The molecule has 0 bridgehead atoms. The van der Waals surface area contributed by atoms with E-state index in [0.29, 0.717) is 5.56 Å². The van der Waals surface area contributed by atoms with Crippen LogP contribution in [-0.2, 0) is 5.41 Å². The van der Waals surface area contributed by atoms with Gasteiger partial charge >= 0.3 is 0 Å². The number of aliphatic hydroxyl groups is 2. The highest BCUT2D eigenvalue weighted by molar-refractivity contribution is 5.40. The molecule has 3 nitrogen and oxygen atoms in total. The number of rotatable bonds is 3. The van der Waals surface area contributed by atoms with Gasteiger partial charge in [-0.25, -0.2) is 4.39 Å². The Hall–Kier alpha value is -0.970. The monoisotopic (exact) mass is 241 g/mol. The van der Waals surface area contributed by atoms with Crippen LogP contribution in [0.4, 0.5) is 4.39 Å². The summed E-state index contributed by atoms with van der Waals surface area (Å²) in [7, 11) is 0. The van der Waals surface area contributed by atoms with E-state index in [-0.39, 0.29) is 5.82 Å². The van der Waals surface area contributed by atoms with Crippen LogP contribution in [0.15, 0.2) is 12.1 Å². The topological polar surface area (TPSA) is 66.5 Å². The zero-order valence-corrected chi connectivity index (χ0v) is 10.7. The largest absolute Gasteiger partial charge is 0.367 e. The third kappa shape index (κ3) is 2.49. The minimum atomic E-state index is -1.68. The number of hydrogen-bond acceptors (Lipinski definition) is 3. The Balaban J connectivity index is 3.37. The highest BCUT2D eigenvalue weighted by atomic mass is 19.1. The standard InChI is InChI=1S/C13H20FNO2/c1-7-5-6-9(14)10(8(7)2)13(3,4)11(15)12(16)17/h5-6,11-12,16-17H,15H2,1-4H3. The van der Waals surface area contributed by atoms with Crippen LogP contribution in [0.2, 0.25) is 0 Å². The van der Waals surface area contributed by atoms with Gasteiger partial charge in [0, 0.05) is 5.41 Å². The van der Waals surface area contributed by atoms with Crippen LogP contribution < -0.4 is 5.73 Å². The van der Waals surface area contributed by atoms with Gasteiger partial charge in [0.15, 0.2) is 6.29 Å². The number of aryl methyl sites for hydroxylation is 1. The van der Waals surface area contributed by atoms with Crippen molar-refractivity contribution in [2.24, 2.45) is 5.73 Å². The minimum absolute atomic E-state index is 0.366. The van der Waals surface area contributed by atoms with Crippen LogP contribution in [0.3, 0.4) is 0 Å². The average Bonchev–Trinajstić information content (AvgIpc) is 2.22. The van der Waals surface area contributed by atoms with Gasteiger partial charge < -0.3 is 15.9 Å². The fraction of sp³-hybridized carbons (Fsp3) is 0.538. The predicted molar refractivity (Wildman–Crippen MR) is 65.1 cm³/mol. The summed E-state index contributed by atoms with van der Waals surface area (Å²) < 4.78 is 13.9. The van der Waals surface area contributed by atoms with Crippen LogP contribution >= 0.6 is 0 Å². The molecule has 0 aliphatic carbocycles. The Morgan fingerprint density at radius 1 is 1.24 bits per heavy atom. The zero-order chi connectivity index (χ0) is 13.4. The summed E-state index contributed by atoms with van der Waals surface area (Å²) in [6.45, 7) is 7.12. The summed E-state index contributed by atoms with van der Waals surface area (Å²) in [5.41, 5.74) is 7.09. The second-order valence-electron chi connectivity index (χ2n) is 5.03. The van der Waals surface area contributed by atoms with Gasteiger partial charge in [0.25, 0.3) is 0 Å². The number of nitrogens with two attached hydrogens (primary N) is 1. The van der Waals surface area contributed by atoms with Crippen molar-refractivity contribution in [3.8, 4) is 0 Å². The van der Waals surface area contributed by atoms with Gasteiger partial charge in [-0.2, -0.15) is 0 Å². The Labute approximate surface area is 101 Å². The van der Waals surface area contributed by atoms with Crippen molar-refractivity contribution in [2.45, 2.75) is 45.4 Å². The number of benzene rings is 1. The molecule has 1 aromatic carbocycles. The summed E-state index contributed by atoms with van der Waals surface area (Å²) >= 11 is 0. The first kappa shape index (κ1) is 14.1. The van der Waals surface area contributed by atoms with Gasteiger partial charge in [0.05, 0.1) is 6.04 Å². The molecule has 1 rings (SSSR count). The van der Waals surface area contributed by atoms with Gasteiger partial charge in [-0.05, 0) is 36.6 Å². The van der Waals surface area contributed by atoms with Crippen molar-refractivity contribution in [3.05, 3.63) is 34.6 Å². The van der Waals surface area contributed by atoms with Crippen molar-refractivity contribution in [2.75, 3.05) is 0 Å². The number of aliphatic hydroxyl groups excluding tert-OH is 1. The Morgan fingerprint density at radius 3 is 2.24 bits per heavy atom. The van der Waals surface area contributed by atoms with Gasteiger partial charge in [0.1, 0.15) is 5.82 Å². The number of halogens is 1. The fourth-order valence-electron chi connectivity index (χ4n) is 2.11. The quantitative estimate of drug-likeness (QED) is 0.700. The third-order valence-corrected chi connectivity index (χ3v) is 3.48. The molecule has 1 unspecified atom stereocenters. The molecule has 1 atom stereocenters. The molecule has 4 heteroatoms. The summed E-state index contributed by atoms with van der Waals surface area (Å²) in [5.74, 6) is -0.366. The maximum atomic E-state index is 13.9.